The first-order valence-electron chi connectivity index (χ1n) is 5.30. The first kappa shape index (κ1) is 11.7. The molecule has 0 N–H and O–H groups in total. The molecule has 0 bridgehead atoms. The van der Waals surface area contributed by atoms with Gasteiger partial charge in [-0.05, 0) is 25.8 Å². The number of aryl methyl sites for hydroxylation is 1. The molecule has 1 nitrogen and oxygen atoms in total. The summed E-state index contributed by atoms with van der Waals surface area (Å²) >= 11 is 0. The maximum Gasteiger partial charge on any atom is 0.185 e. The van der Waals surface area contributed by atoms with Gasteiger partial charge in [0, 0.05) is 5.56 Å². The van der Waals surface area contributed by atoms with Crippen LogP contribution in [0.4, 0.5) is 0 Å². The molecule has 1 aromatic carbocycles. The summed E-state index contributed by atoms with van der Waals surface area (Å²) in [5.41, 5.74) is 3.07. The summed E-state index contributed by atoms with van der Waals surface area (Å²) in [5.74, 6) is 0.528. The van der Waals surface area contributed by atoms with E-state index in [2.05, 4.69) is 13.8 Å². The summed E-state index contributed by atoms with van der Waals surface area (Å²) < 4.78 is 0. The Balaban J connectivity index is 2.86. The Kier molecular flexibility index (Phi) is 3.84. The van der Waals surface area contributed by atoms with Gasteiger partial charge in [0.15, 0.2) is 5.78 Å². The van der Waals surface area contributed by atoms with Crippen molar-refractivity contribution in [1.29, 1.82) is 0 Å². The van der Waals surface area contributed by atoms with Crippen molar-refractivity contribution in [1.82, 2.24) is 0 Å². The van der Waals surface area contributed by atoms with Gasteiger partial charge < -0.3 is 0 Å². The summed E-state index contributed by atoms with van der Waals surface area (Å²) in [6.07, 6.45) is 1.73. The van der Waals surface area contributed by atoms with Crippen molar-refractivity contribution in [2.45, 2.75) is 27.7 Å². The van der Waals surface area contributed by atoms with E-state index in [0.717, 1.165) is 11.1 Å². The first-order valence-corrected chi connectivity index (χ1v) is 5.30. The van der Waals surface area contributed by atoms with Gasteiger partial charge in [-0.25, -0.2) is 0 Å². The van der Waals surface area contributed by atoms with Crippen molar-refractivity contribution in [3.8, 4) is 0 Å². The minimum absolute atomic E-state index is 0.0983. The van der Waals surface area contributed by atoms with E-state index in [1.165, 1.54) is 5.56 Å². The molecule has 0 saturated carbocycles. The Bertz CT molecular complexity index is 369. The molecule has 1 heteroatoms. The van der Waals surface area contributed by atoms with Crippen LogP contribution in [0.1, 0.15) is 36.7 Å². The van der Waals surface area contributed by atoms with Crippen molar-refractivity contribution in [3.05, 3.63) is 47.0 Å². The third kappa shape index (κ3) is 3.35. The average molecular weight is 202 g/mol. The van der Waals surface area contributed by atoms with Gasteiger partial charge in [0.25, 0.3) is 0 Å². The molecule has 0 heterocycles. The Morgan fingerprint density at radius 3 is 2.20 bits per heavy atom. The third-order valence-electron chi connectivity index (χ3n) is 2.61. The lowest BCUT2D eigenvalue weighted by Gasteiger charge is -2.04. The van der Waals surface area contributed by atoms with Crippen LogP contribution in [0.3, 0.4) is 0 Å². The standard InChI is InChI=1S/C14H18O/c1-10(2)12(4)9-14(15)13-7-5-11(3)6-8-13/h5-10H,1-4H3/b12-9-. The van der Waals surface area contributed by atoms with Crippen LogP contribution >= 0.6 is 0 Å². The first-order chi connectivity index (χ1) is 7.00. The third-order valence-corrected chi connectivity index (χ3v) is 2.61. The number of rotatable bonds is 3. The zero-order valence-electron chi connectivity index (χ0n) is 9.87. The van der Waals surface area contributed by atoms with Crippen molar-refractivity contribution in [2.24, 2.45) is 5.92 Å². The van der Waals surface area contributed by atoms with Crippen LogP contribution in [0.5, 0.6) is 0 Å². The van der Waals surface area contributed by atoms with E-state index < -0.39 is 0 Å². The molecule has 0 spiro atoms. The van der Waals surface area contributed by atoms with Crippen molar-refractivity contribution in [2.75, 3.05) is 0 Å². The van der Waals surface area contributed by atoms with Crippen LogP contribution < -0.4 is 0 Å². The number of ketones is 1. The van der Waals surface area contributed by atoms with E-state index >= 15 is 0 Å². The molecule has 0 aliphatic heterocycles. The Labute approximate surface area is 91.8 Å². The molecule has 0 atom stereocenters. The molecule has 0 aliphatic carbocycles. The fourth-order valence-electron chi connectivity index (χ4n) is 1.17. The minimum Gasteiger partial charge on any atom is -0.289 e. The minimum atomic E-state index is 0.0983. The number of hydrogen-bond donors (Lipinski definition) is 0. The second kappa shape index (κ2) is 4.92. The molecule has 1 aromatic rings. The van der Waals surface area contributed by atoms with Gasteiger partial charge in [0.1, 0.15) is 0 Å². The topological polar surface area (TPSA) is 17.1 Å². The van der Waals surface area contributed by atoms with Crippen molar-refractivity contribution >= 4 is 5.78 Å². The second-order valence-corrected chi connectivity index (χ2v) is 4.27. The van der Waals surface area contributed by atoms with Gasteiger partial charge in [-0.3, -0.25) is 4.79 Å². The highest BCUT2D eigenvalue weighted by Gasteiger charge is 2.04. The van der Waals surface area contributed by atoms with Crippen LogP contribution in [0.25, 0.3) is 0 Å². The zero-order chi connectivity index (χ0) is 11.4. The second-order valence-electron chi connectivity index (χ2n) is 4.27. The highest BCUT2D eigenvalue weighted by atomic mass is 16.1. The summed E-state index contributed by atoms with van der Waals surface area (Å²) in [4.78, 5) is 11.8. The van der Waals surface area contributed by atoms with Crippen LogP contribution in [0, 0.1) is 12.8 Å². The summed E-state index contributed by atoms with van der Waals surface area (Å²) in [6, 6.07) is 7.68. The lowest BCUT2D eigenvalue weighted by Crippen LogP contribution is -1.98. The molecule has 0 unspecified atom stereocenters. The molecule has 0 aliphatic rings. The summed E-state index contributed by atoms with van der Waals surface area (Å²) in [7, 11) is 0. The van der Waals surface area contributed by atoms with Crippen molar-refractivity contribution in [3.63, 3.8) is 0 Å². The number of hydrogen-bond acceptors (Lipinski definition) is 1. The molecular weight excluding hydrogens is 184 g/mol. The molecule has 0 fully saturated rings. The average Bonchev–Trinajstić information content (AvgIpc) is 2.18. The van der Waals surface area contributed by atoms with Gasteiger partial charge in [-0.1, -0.05) is 49.2 Å². The van der Waals surface area contributed by atoms with Crippen molar-refractivity contribution < 1.29 is 4.79 Å². The molecule has 15 heavy (non-hydrogen) atoms. The number of carbonyl (C=O) groups excluding carboxylic acids is 1. The van der Waals surface area contributed by atoms with Crippen LogP contribution in [0.2, 0.25) is 0 Å². The lowest BCUT2D eigenvalue weighted by atomic mass is 10.0. The zero-order valence-corrected chi connectivity index (χ0v) is 9.87. The van der Waals surface area contributed by atoms with Crippen LogP contribution in [-0.4, -0.2) is 5.78 Å². The smallest absolute Gasteiger partial charge is 0.185 e. The Hall–Kier alpha value is -1.37. The number of benzene rings is 1. The van der Waals surface area contributed by atoms with Gasteiger partial charge in [-0.2, -0.15) is 0 Å². The molecular formula is C14H18O. The molecule has 80 valence electrons. The molecule has 0 radical (unpaired) electrons. The predicted molar refractivity (Wildman–Crippen MR) is 64.1 cm³/mol. The molecule has 1 rings (SSSR count). The fraction of sp³-hybridized carbons (Fsp3) is 0.357. The van der Waals surface area contributed by atoms with Crippen LogP contribution in [-0.2, 0) is 0 Å². The molecule has 0 amide bonds. The number of carbonyl (C=O) groups is 1. The highest BCUT2D eigenvalue weighted by Crippen LogP contribution is 2.11. The van der Waals surface area contributed by atoms with Gasteiger partial charge in [0.2, 0.25) is 0 Å². The lowest BCUT2D eigenvalue weighted by molar-refractivity contribution is 0.104. The van der Waals surface area contributed by atoms with E-state index in [1.54, 1.807) is 6.08 Å². The molecule has 0 saturated heterocycles. The monoisotopic (exact) mass is 202 g/mol. The Morgan fingerprint density at radius 1 is 1.20 bits per heavy atom. The summed E-state index contributed by atoms with van der Waals surface area (Å²) in [6.45, 7) is 8.20. The maximum atomic E-state index is 11.8. The predicted octanol–water partition coefficient (Wildman–Crippen LogP) is 3.78. The van der Waals surface area contributed by atoms with Gasteiger partial charge >= 0.3 is 0 Å². The highest BCUT2D eigenvalue weighted by molar-refractivity contribution is 6.04. The summed E-state index contributed by atoms with van der Waals surface area (Å²) in [5, 5.41) is 0. The van der Waals surface area contributed by atoms with E-state index in [9.17, 15) is 4.79 Å². The van der Waals surface area contributed by atoms with Gasteiger partial charge in [-0.15, -0.1) is 0 Å². The normalized spacial score (nSPS) is 11.9. The largest absolute Gasteiger partial charge is 0.289 e. The molecule has 0 aromatic heterocycles. The van der Waals surface area contributed by atoms with E-state index in [0.29, 0.717) is 5.92 Å². The van der Waals surface area contributed by atoms with Gasteiger partial charge in [0.05, 0.1) is 0 Å². The van der Waals surface area contributed by atoms with E-state index in [-0.39, 0.29) is 5.78 Å². The SMILES string of the molecule is C/C(=C/C(=O)c1ccc(C)cc1)C(C)C. The Morgan fingerprint density at radius 2 is 1.73 bits per heavy atom. The number of allylic oxidation sites excluding steroid dienone is 2. The fourth-order valence-corrected chi connectivity index (χ4v) is 1.17. The quantitative estimate of drug-likeness (QED) is 0.538. The van der Waals surface area contributed by atoms with E-state index in [4.69, 9.17) is 0 Å². The van der Waals surface area contributed by atoms with Crippen LogP contribution in [0.15, 0.2) is 35.9 Å². The van der Waals surface area contributed by atoms with E-state index in [1.807, 2.05) is 38.1 Å². The maximum absolute atomic E-state index is 11.8.